The maximum absolute atomic E-state index is 12.4. The molecule has 1 amide bonds. The Morgan fingerprint density at radius 2 is 1.62 bits per heavy atom. The summed E-state index contributed by atoms with van der Waals surface area (Å²) in [5.41, 5.74) is 0. The van der Waals surface area contributed by atoms with Crippen molar-refractivity contribution in [2.45, 2.75) is 64.3 Å². The molecule has 4 nitrogen and oxygen atoms in total. The number of hydrogen-bond donors (Lipinski definition) is 2. The molecule has 0 aliphatic heterocycles. The molecule has 21 heavy (non-hydrogen) atoms. The quantitative estimate of drug-likeness (QED) is 0.618. The number of allylic oxidation sites excluding steroid dienone is 2. The smallest absolute Gasteiger partial charge is 0.307 e. The maximum atomic E-state index is 12.4. The second-order valence-corrected chi connectivity index (χ2v) is 6.54. The van der Waals surface area contributed by atoms with Gasteiger partial charge in [0.1, 0.15) is 0 Å². The zero-order chi connectivity index (χ0) is 15.2. The third-order valence-corrected chi connectivity index (χ3v) is 5.06. The normalized spacial score (nSPS) is 28.6. The summed E-state index contributed by atoms with van der Waals surface area (Å²) in [4.78, 5) is 23.7. The second kappa shape index (κ2) is 7.62. The number of carboxylic acids is 1. The van der Waals surface area contributed by atoms with Crippen LogP contribution in [0.15, 0.2) is 12.2 Å². The number of carboxylic acid groups (broad SMARTS) is 1. The van der Waals surface area contributed by atoms with Gasteiger partial charge in [-0.05, 0) is 38.5 Å². The van der Waals surface area contributed by atoms with Crippen molar-refractivity contribution in [3.05, 3.63) is 12.2 Å². The molecule has 2 aliphatic rings. The van der Waals surface area contributed by atoms with E-state index in [2.05, 4.69) is 12.2 Å². The number of aliphatic carboxylic acids is 1. The topological polar surface area (TPSA) is 66.4 Å². The summed E-state index contributed by atoms with van der Waals surface area (Å²) in [5, 5.41) is 12.4. The number of amides is 1. The minimum atomic E-state index is -0.860. The first-order valence-electron chi connectivity index (χ1n) is 8.27. The van der Waals surface area contributed by atoms with Gasteiger partial charge < -0.3 is 10.4 Å². The van der Waals surface area contributed by atoms with Crippen molar-refractivity contribution in [1.82, 2.24) is 5.32 Å². The fraction of sp³-hybridized carbons (Fsp3) is 0.765. The molecule has 0 aromatic carbocycles. The molecule has 2 rings (SSSR count). The summed E-state index contributed by atoms with van der Waals surface area (Å²) in [7, 11) is 0. The van der Waals surface area contributed by atoms with Crippen molar-refractivity contribution in [2.24, 2.45) is 17.8 Å². The summed E-state index contributed by atoms with van der Waals surface area (Å²) < 4.78 is 0. The maximum Gasteiger partial charge on any atom is 0.307 e. The molecule has 0 bridgehead atoms. The SMILES string of the molecule is C[C@H](NC(=O)[C@@H]1CC=CC[C@@H]1C(=O)O)C1CCCCCC1. The Morgan fingerprint density at radius 1 is 1.05 bits per heavy atom. The number of hydrogen-bond acceptors (Lipinski definition) is 2. The van der Waals surface area contributed by atoms with E-state index in [4.69, 9.17) is 0 Å². The third-order valence-electron chi connectivity index (χ3n) is 5.06. The predicted octanol–water partition coefficient (Wildman–Crippen LogP) is 3.13. The van der Waals surface area contributed by atoms with Crippen LogP contribution in [0.1, 0.15) is 58.3 Å². The standard InChI is InChI=1S/C17H27NO3/c1-12(13-8-4-2-3-5-9-13)18-16(19)14-10-6-7-11-15(14)17(20)21/h6-7,12-15H,2-5,8-11H2,1H3,(H,18,19)(H,20,21)/t12-,14+,15-/m0/s1. The van der Waals surface area contributed by atoms with Gasteiger partial charge >= 0.3 is 5.97 Å². The van der Waals surface area contributed by atoms with Gasteiger partial charge in [0, 0.05) is 6.04 Å². The van der Waals surface area contributed by atoms with Crippen LogP contribution in [-0.2, 0) is 9.59 Å². The highest BCUT2D eigenvalue weighted by atomic mass is 16.4. The van der Waals surface area contributed by atoms with Crippen LogP contribution in [0.5, 0.6) is 0 Å². The van der Waals surface area contributed by atoms with Gasteiger partial charge in [-0.3, -0.25) is 9.59 Å². The van der Waals surface area contributed by atoms with E-state index in [1.165, 1.54) is 38.5 Å². The summed E-state index contributed by atoms with van der Waals surface area (Å²) in [6, 6.07) is 0.149. The van der Waals surface area contributed by atoms with E-state index in [-0.39, 0.29) is 11.9 Å². The Balaban J connectivity index is 1.92. The Morgan fingerprint density at radius 3 is 2.19 bits per heavy atom. The molecule has 1 saturated carbocycles. The number of carbonyl (C=O) groups is 2. The van der Waals surface area contributed by atoms with Gasteiger partial charge in [0.25, 0.3) is 0 Å². The summed E-state index contributed by atoms with van der Waals surface area (Å²) in [6.07, 6.45) is 12.2. The molecule has 4 heteroatoms. The fourth-order valence-corrected chi connectivity index (χ4v) is 3.64. The van der Waals surface area contributed by atoms with E-state index in [0.717, 1.165) is 0 Å². The summed E-state index contributed by atoms with van der Waals surface area (Å²) >= 11 is 0. The van der Waals surface area contributed by atoms with E-state index in [9.17, 15) is 14.7 Å². The number of rotatable bonds is 4. The van der Waals surface area contributed by atoms with E-state index < -0.39 is 17.8 Å². The summed E-state index contributed by atoms with van der Waals surface area (Å²) in [6.45, 7) is 2.07. The third kappa shape index (κ3) is 4.32. The van der Waals surface area contributed by atoms with Crippen LogP contribution in [0.4, 0.5) is 0 Å². The van der Waals surface area contributed by atoms with Gasteiger partial charge in [-0.1, -0.05) is 37.8 Å². The lowest BCUT2D eigenvalue weighted by molar-refractivity contribution is -0.147. The van der Waals surface area contributed by atoms with Crippen molar-refractivity contribution in [2.75, 3.05) is 0 Å². The lowest BCUT2D eigenvalue weighted by Crippen LogP contribution is -2.45. The molecule has 0 heterocycles. The first kappa shape index (κ1) is 16.1. The van der Waals surface area contributed by atoms with E-state index >= 15 is 0 Å². The van der Waals surface area contributed by atoms with Gasteiger partial charge in [-0.15, -0.1) is 0 Å². The first-order valence-corrected chi connectivity index (χ1v) is 8.27. The molecule has 0 aromatic heterocycles. The number of nitrogens with one attached hydrogen (secondary N) is 1. The van der Waals surface area contributed by atoms with Crippen LogP contribution >= 0.6 is 0 Å². The Hall–Kier alpha value is -1.32. The molecule has 1 fully saturated rings. The van der Waals surface area contributed by atoms with E-state index in [1.807, 2.05) is 12.2 Å². The molecule has 2 aliphatic carbocycles. The van der Waals surface area contributed by atoms with Gasteiger partial charge in [0.15, 0.2) is 0 Å². The average molecular weight is 293 g/mol. The minimum Gasteiger partial charge on any atom is -0.481 e. The second-order valence-electron chi connectivity index (χ2n) is 6.54. The van der Waals surface area contributed by atoms with E-state index in [0.29, 0.717) is 18.8 Å². The van der Waals surface area contributed by atoms with Crippen LogP contribution in [-0.4, -0.2) is 23.0 Å². The highest BCUT2D eigenvalue weighted by Crippen LogP contribution is 2.28. The zero-order valence-electron chi connectivity index (χ0n) is 12.9. The van der Waals surface area contributed by atoms with Crippen LogP contribution in [0.25, 0.3) is 0 Å². The molecular weight excluding hydrogens is 266 g/mol. The molecule has 2 N–H and O–H groups in total. The van der Waals surface area contributed by atoms with Crippen LogP contribution in [0.3, 0.4) is 0 Å². The summed E-state index contributed by atoms with van der Waals surface area (Å²) in [5.74, 6) is -1.39. The Kier molecular flexibility index (Phi) is 5.83. The molecular formula is C17H27NO3. The monoisotopic (exact) mass is 293 g/mol. The highest BCUT2D eigenvalue weighted by Gasteiger charge is 2.35. The molecule has 0 aromatic rings. The van der Waals surface area contributed by atoms with Crippen LogP contribution in [0.2, 0.25) is 0 Å². The van der Waals surface area contributed by atoms with Crippen molar-refractivity contribution < 1.29 is 14.7 Å². The molecule has 3 atom stereocenters. The van der Waals surface area contributed by atoms with Crippen molar-refractivity contribution in [3.63, 3.8) is 0 Å². The average Bonchev–Trinajstić information content (AvgIpc) is 2.76. The van der Waals surface area contributed by atoms with Gasteiger partial charge in [0.05, 0.1) is 11.8 Å². The minimum absolute atomic E-state index is 0.0801. The molecule has 0 unspecified atom stereocenters. The molecule has 0 spiro atoms. The van der Waals surface area contributed by atoms with Crippen molar-refractivity contribution >= 4 is 11.9 Å². The Bertz CT molecular complexity index is 397. The van der Waals surface area contributed by atoms with Crippen LogP contribution < -0.4 is 5.32 Å². The largest absolute Gasteiger partial charge is 0.481 e. The highest BCUT2D eigenvalue weighted by molar-refractivity contribution is 5.85. The van der Waals surface area contributed by atoms with Gasteiger partial charge in [-0.25, -0.2) is 0 Å². The lowest BCUT2D eigenvalue weighted by atomic mass is 9.82. The van der Waals surface area contributed by atoms with Crippen molar-refractivity contribution in [1.29, 1.82) is 0 Å². The zero-order valence-corrected chi connectivity index (χ0v) is 12.9. The number of carbonyl (C=O) groups excluding carboxylic acids is 1. The predicted molar refractivity (Wildman–Crippen MR) is 81.8 cm³/mol. The van der Waals surface area contributed by atoms with E-state index in [1.54, 1.807) is 0 Å². The Labute approximate surface area is 127 Å². The lowest BCUT2D eigenvalue weighted by Gasteiger charge is -2.29. The molecule has 118 valence electrons. The molecule has 0 saturated heterocycles. The van der Waals surface area contributed by atoms with Crippen molar-refractivity contribution in [3.8, 4) is 0 Å². The molecule has 0 radical (unpaired) electrons. The van der Waals surface area contributed by atoms with Crippen LogP contribution in [0, 0.1) is 17.8 Å². The van der Waals surface area contributed by atoms with Gasteiger partial charge in [0.2, 0.25) is 5.91 Å². The fourth-order valence-electron chi connectivity index (χ4n) is 3.64. The van der Waals surface area contributed by atoms with Gasteiger partial charge in [-0.2, -0.15) is 0 Å². The first-order chi connectivity index (χ1) is 10.1.